The van der Waals surface area contributed by atoms with Crippen molar-refractivity contribution in [2.75, 3.05) is 7.11 Å². The molecule has 1 aromatic carbocycles. The standard InChI is InChI=1S/C13H16O2/c1-15-13-7-3-5-11(9-13)10-4-2-6-12(14)8-10/h3,5,7-9,12,14H,2,4,6H2,1H3. The summed E-state index contributed by atoms with van der Waals surface area (Å²) >= 11 is 0. The summed E-state index contributed by atoms with van der Waals surface area (Å²) in [6.45, 7) is 0. The molecule has 0 fully saturated rings. The van der Waals surface area contributed by atoms with E-state index >= 15 is 0 Å². The van der Waals surface area contributed by atoms with Crippen molar-refractivity contribution < 1.29 is 9.84 Å². The molecule has 1 aromatic rings. The zero-order valence-corrected chi connectivity index (χ0v) is 8.94. The molecule has 0 amide bonds. The zero-order valence-electron chi connectivity index (χ0n) is 8.94. The van der Waals surface area contributed by atoms with Crippen LogP contribution in [0.15, 0.2) is 30.3 Å². The average molecular weight is 204 g/mol. The van der Waals surface area contributed by atoms with E-state index in [-0.39, 0.29) is 6.10 Å². The number of rotatable bonds is 2. The number of benzene rings is 1. The second-order valence-corrected chi connectivity index (χ2v) is 3.88. The molecule has 0 spiro atoms. The lowest BCUT2D eigenvalue weighted by Crippen LogP contribution is -2.08. The molecule has 80 valence electrons. The minimum atomic E-state index is -0.278. The van der Waals surface area contributed by atoms with Crippen LogP contribution >= 0.6 is 0 Å². The van der Waals surface area contributed by atoms with E-state index in [4.69, 9.17) is 4.74 Å². The average Bonchev–Trinajstić information content (AvgIpc) is 2.29. The van der Waals surface area contributed by atoms with Crippen molar-refractivity contribution in [3.8, 4) is 5.75 Å². The van der Waals surface area contributed by atoms with Gasteiger partial charge < -0.3 is 9.84 Å². The maximum atomic E-state index is 9.56. The molecule has 0 bridgehead atoms. The van der Waals surface area contributed by atoms with Crippen LogP contribution in [0.3, 0.4) is 0 Å². The molecule has 1 aliphatic rings. The third kappa shape index (κ3) is 2.39. The van der Waals surface area contributed by atoms with Crippen molar-refractivity contribution in [1.29, 1.82) is 0 Å². The fourth-order valence-electron chi connectivity index (χ4n) is 1.96. The first-order valence-electron chi connectivity index (χ1n) is 5.33. The normalized spacial score (nSPS) is 20.9. The van der Waals surface area contributed by atoms with E-state index in [2.05, 4.69) is 6.07 Å². The third-order valence-electron chi connectivity index (χ3n) is 2.78. The Kier molecular flexibility index (Phi) is 3.07. The Bertz CT molecular complexity index is 369. The summed E-state index contributed by atoms with van der Waals surface area (Å²) < 4.78 is 5.18. The van der Waals surface area contributed by atoms with Crippen LogP contribution in [0.4, 0.5) is 0 Å². The highest BCUT2D eigenvalue weighted by Gasteiger charge is 2.12. The molecular weight excluding hydrogens is 188 g/mol. The highest BCUT2D eigenvalue weighted by molar-refractivity contribution is 5.67. The van der Waals surface area contributed by atoms with E-state index in [1.165, 1.54) is 5.57 Å². The monoisotopic (exact) mass is 204 g/mol. The first-order valence-corrected chi connectivity index (χ1v) is 5.33. The summed E-state index contributed by atoms with van der Waals surface area (Å²) in [5.41, 5.74) is 2.39. The fourth-order valence-corrected chi connectivity index (χ4v) is 1.96. The van der Waals surface area contributed by atoms with E-state index in [9.17, 15) is 5.11 Å². The van der Waals surface area contributed by atoms with Crippen LogP contribution in [0.1, 0.15) is 24.8 Å². The van der Waals surface area contributed by atoms with Crippen LogP contribution < -0.4 is 4.74 Å². The number of aliphatic hydroxyl groups excluding tert-OH is 1. The number of allylic oxidation sites excluding steroid dienone is 1. The van der Waals surface area contributed by atoms with E-state index in [0.29, 0.717) is 0 Å². The largest absolute Gasteiger partial charge is 0.497 e. The first kappa shape index (κ1) is 10.2. The van der Waals surface area contributed by atoms with Crippen LogP contribution in [0.2, 0.25) is 0 Å². The molecule has 0 radical (unpaired) electrons. The molecule has 2 rings (SSSR count). The molecule has 0 aliphatic heterocycles. The van der Waals surface area contributed by atoms with Gasteiger partial charge in [-0.2, -0.15) is 0 Å². The highest BCUT2D eigenvalue weighted by atomic mass is 16.5. The Morgan fingerprint density at radius 3 is 3.00 bits per heavy atom. The van der Waals surface area contributed by atoms with Crippen molar-refractivity contribution in [3.63, 3.8) is 0 Å². The second kappa shape index (κ2) is 4.49. The van der Waals surface area contributed by atoms with Gasteiger partial charge in [-0.25, -0.2) is 0 Å². The molecule has 1 aliphatic carbocycles. The van der Waals surface area contributed by atoms with Crippen LogP contribution in [0.5, 0.6) is 5.75 Å². The molecular formula is C13H16O2. The van der Waals surface area contributed by atoms with Crippen molar-refractivity contribution in [1.82, 2.24) is 0 Å². The van der Waals surface area contributed by atoms with Gasteiger partial charge in [-0.15, -0.1) is 0 Å². The second-order valence-electron chi connectivity index (χ2n) is 3.88. The molecule has 1 unspecified atom stereocenters. The van der Waals surface area contributed by atoms with E-state index in [1.807, 2.05) is 24.3 Å². The Labute approximate surface area is 90.2 Å². The maximum absolute atomic E-state index is 9.56. The maximum Gasteiger partial charge on any atom is 0.119 e. The van der Waals surface area contributed by atoms with E-state index in [1.54, 1.807) is 7.11 Å². The predicted octanol–water partition coefficient (Wildman–Crippen LogP) is 2.62. The first-order chi connectivity index (χ1) is 7.29. The summed E-state index contributed by atoms with van der Waals surface area (Å²) in [7, 11) is 1.67. The molecule has 15 heavy (non-hydrogen) atoms. The topological polar surface area (TPSA) is 29.5 Å². The molecule has 0 saturated heterocycles. The number of aliphatic hydroxyl groups is 1. The number of methoxy groups -OCH3 is 1. The van der Waals surface area contributed by atoms with Crippen LogP contribution in [-0.4, -0.2) is 18.3 Å². The van der Waals surface area contributed by atoms with Gasteiger partial charge in [-0.3, -0.25) is 0 Å². The van der Waals surface area contributed by atoms with Crippen molar-refractivity contribution >= 4 is 5.57 Å². The lowest BCUT2D eigenvalue weighted by molar-refractivity contribution is 0.206. The van der Waals surface area contributed by atoms with Crippen LogP contribution in [0, 0.1) is 0 Å². The Hall–Kier alpha value is -1.28. The van der Waals surface area contributed by atoms with Crippen LogP contribution in [0.25, 0.3) is 5.57 Å². The molecule has 0 heterocycles. The highest BCUT2D eigenvalue weighted by Crippen LogP contribution is 2.28. The number of hydrogen-bond donors (Lipinski definition) is 1. The van der Waals surface area contributed by atoms with Crippen molar-refractivity contribution in [2.45, 2.75) is 25.4 Å². The zero-order chi connectivity index (χ0) is 10.7. The van der Waals surface area contributed by atoms with Gasteiger partial charge in [0.1, 0.15) is 5.75 Å². The Balaban J connectivity index is 2.28. The van der Waals surface area contributed by atoms with Gasteiger partial charge >= 0.3 is 0 Å². The molecule has 1 atom stereocenters. The molecule has 1 N–H and O–H groups in total. The molecule has 0 saturated carbocycles. The van der Waals surface area contributed by atoms with E-state index in [0.717, 1.165) is 30.6 Å². The summed E-state index contributed by atoms with van der Waals surface area (Å²) in [5.74, 6) is 0.869. The fraction of sp³-hybridized carbons (Fsp3) is 0.385. The summed E-state index contributed by atoms with van der Waals surface area (Å²) in [6.07, 6.45) is 4.67. The van der Waals surface area contributed by atoms with E-state index < -0.39 is 0 Å². The van der Waals surface area contributed by atoms with Gasteiger partial charge in [-0.05, 0) is 42.5 Å². The van der Waals surface area contributed by atoms with Gasteiger partial charge in [0.05, 0.1) is 13.2 Å². The quantitative estimate of drug-likeness (QED) is 0.802. The minimum absolute atomic E-state index is 0.278. The minimum Gasteiger partial charge on any atom is -0.497 e. The Morgan fingerprint density at radius 2 is 2.27 bits per heavy atom. The third-order valence-corrected chi connectivity index (χ3v) is 2.78. The van der Waals surface area contributed by atoms with Gasteiger partial charge in [0.2, 0.25) is 0 Å². The lowest BCUT2D eigenvalue weighted by Gasteiger charge is -2.17. The van der Waals surface area contributed by atoms with Gasteiger partial charge in [0, 0.05) is 0 Å². The van der Waals surface area contributed by atoms with Gasteiger partial charge in [-0.1, -0.05) is 18.2 Å². The van der Waals surface area contributed by atoms with Crippen molar-refractivity contribution in [3.05, 3.63) is 35.9 Å². The molecule has 2 heteroatoms. The molecule has 2 nitrogen and oxygen atoms in total. The number of ether oxygens (including phenoxy) is 1. The van der Waals surface area contributed by atoms with Gasteiger partial charge in [0.25, 0.3) is 0 Å². The smallest absolute Gasteiger partial charge is 0.119 e. The molecule has 0 aromatic heterocycles. The summed E-state index contributed by atoms with van der Waals surface area (Å²) in [4.78, 5) is 0. The number of hydrogen-bond acceptors (Lipinski definition) is 2. The van der Waals surface area contributed by atoms with Crippen molar-refractivity contribution in [2.24, 2.45) is 0 Å². The predicted molar refractivity (Wildman–Crippen MR) is 60.8 cm³/mol. The SMILES string of the molecule is COc1cccc(C2=CC(O)CCC2)c1. The lowest BCUT2D eigenvalue weighted by atomic mass is 9.92. The summed E-state index contributed by atoms with van der Waals surface area (Å²) in [6, 6.07) is 8.00. The summed E-state index contributed by atoms with van der Waals surface area (Å²) in [5, 5.41) is 9.56. The Morgan fingerprint density at radius 1 is 1.40 bits per heavy atom. The van der Waals surface area contributed by atoms with Gasteiger partial charge in [0.15, 0.2) is 0 Å². The van der Waals surface area contributed by atoms with Crippen LogP contribution in [-0.2, 0) is 0 Å².